The number of nitrogens with zero attached hydrogens (tertiary/aromatic N) is 2. The quantitative estimate of drug-likeness (QED) is 0.801. The summed E-state index contributed by atoms with van der Waals surface area (Å²) in [5.41, 5.74) is 1.13. The number of carbonyl (C=O) groups excluding carboxylic acids is 1. The van der Waals surface area contributed by atoms with Crippen molar-refractivity contribution in [2.45, 2.75) is 6.54 Å². The van der Waals surface area contributed by atoms with Crippen molar-refractivity contribution in [3.8, 4) is 11.8 Å². The molecule has 2 rings (SSSR count). The van der Waals surface area contributed by atoms with E-state index in [4.69, 9.17) is 5.11 Å². The lowest BCUT2D eigenvalue weighted by Crippen LogP contribution is -2.27. The molecule has 0 fully saturated rings. The number of hydrogen-bond donors (Lipinski definition) is 2. The molecule has 0 spiro atoms. The highest BCUT2D eigenvalue weighted by Gasteiger charge is 2.08. The fourth-order valence-electron chi connectivity index (χ4n) is 1.74. The average molecular weight is 269 g/mol. The third-order valence-corrected chi connectivity index (χ3v) is 2.69. The van der Waals surface area contributed by atoms with E-state index in [2.05, 4.69) is 22.1 Å². The Kier molecular flexibility index (Phi) is 4.93. The lowest BCUT2D eigenvalue weighted by Gasteiger charge is -2.07. The standard InChI is InChI=1S/C15H15N3O2/c19-11-3-5-13-4-1-2-6-14(13)15(20)17-8-10-18-9-7-16-12-18/h1-2,4,6-7,9,12,19H,8,10-11H2,(H,17,20). The van der Waals surface area contributed by atoms with Gasteiger partial charge in [-0.1, -0.05) is 24.0 Å². The summed E-state index contributed by atoms with van der Waals surface area (Å²) in [5, 5.41) is 11.6. The second kappa shape index (κ2) is 7.12. The summed E-state index contributed by atoms with van der Waals surface area (Å²) in [6, 6.07) is 7.07. The third-order valence-electron chi connectivity index (χ3n) is 2.69. The van der Waals surface area contributed by atoms with Gasteiger partial charge in [0.25, 0.3) is 5.91 Å². The largest absolute Gasteiger partial charge is 0.384 e. The first kappa shape index (κ1) is 13.8. The topological polar surface area (TPSA) is 67.2 Å². The minimum Gasteiger partial charge on any atom is -0.384 e. The van der Waals surface area contributed by atoms with E-state index in [9.17, 15) is 4.79 Å². The van der Waals surface area contributed by atoms with Gasteiger partial charge in [-0.2, -0.15) is 0 Å². The Labute approximate surface area is 117 Å². The van der Waals surface area contributed by atoms with Gasteiger partial charge in [-0.15, -0.1) is 0 Å². The maximum Gasteiger partial charge on any atom is 0.252 e. The van der Waals surface area contributed by atoms with Crippen molar-refractivity contribution in [1.29, 1.82) is 0 Å². The number of rotatable bonds is 4. The fraction of sp³-hybridized carbons (Fsp3) is 0.200. The van der Waals surface area contributed by atoms with Crippen LogP contribution in [-0.4, -0.2) is 33.7 Å². The maximum atomic E-state index is 12.1. The molecule has 2 N–H and O–H groups in total. The number of aliphatic hydroxyl groups is 1. The zero-order chi connectivity index (χ0) is 14.2. The van der Waals surface area contributed by atoms with Crippen molar-refractivity contribution < 1.29 is 9.90 Å². The summed E-state index contributed by atoms with van der Waals surface area (Å²) in [4.78, 5) is 16.0. The van der Waals surface area contributed by atoms with Crippen LogP contribution in [-0.2, 0) is 6.54 Å². The molecule has 0 atom stereocenters. The predicted octanol–water partition coefficient (Wildman–Crippen LogP) is 0.657. The van der Waals surface area contributed by atoms with E-state index in [1.807, 2.05) is 16.8 Å². The number of hydrogen-bond acceptors (Lipinski definition) is 3. The van der Waals surface area contributed by atoms with E-state index >= 15 is 0 Å². The monoisotopic (exact) mass is 269 g/mol. The first-order chi connectivity index (χ1) is 9.81. The molecule has 20 heavy (non-hydrogen) atoms. The zero-order valence-corrected chi connectivity index (χ0v) is 10.9. The molecular formula is C15H15N3O2. The molecule has 0 unspecified atom stereocenters. The normalized spacial score (nSPS) is 9.65. The van der Waals surface area contributed by atoms with Crippen LogP contribution in [0, 0.1) is 11.8 Å². The smallest absolute Gasteiger partial charge is 0.252 e. The van der Waals surface area contributed by atoms with E-state index < -0.39 is 0 Å². The zero-order valence-electron chi connectivity index (χ0n) is 10.9. The van der Waals surface area contributed by atoms with Crippen molar-refractivity contribution in [3.63, 3.8) is 0 Å². The van der Waals surface area contributed by atoms with E-state index in [1.54, 1.807) is 30.7 Å². The predicted molar refractivity (Wildman–Crippen MR) is 75.0 cm³/mol. The van der Waals surface area contributed by atoms with Gasteiger partial charge < -0.3 is 15.0 Å². The lowest BCUT2D eigenvalue weighted by atomic mass is 10.1. The van der Waals surface area contributed by atoms with Crippen LogP contribution in [0.2, 0.25) is 0 Å². The molecule has 1 amide bonds. The Morgan fingerprint density at radius 3 is 3.00 bits per heavy atom. The van der Waals surface area contributed by atoms with Gasteiger partial charge in [0.1, 0.15) is 6.61 Å². The third kappa shape index (κ3) is 3.70. The Bertz CT molecular complexity index is 624. The number of aliphatic hydroxyl groups excluding tert-OH is 1. The van der Waals surface area contributed by atoms with Gasteiger partial charge in [-0.05, 0) is 12.1 Å². The molecule has 102 valence electrons. The minimum absolute atomic E-state index is 0.173. The second-order valence-electron chi connectivity index (χ2n) is 4.06. The first-order valence-corrected chi connectivity index (χ1v) is 6.24. The summed E-state index contributed by atoms with van der Waals surface area (Å²) < 4.78 is 1.89. The SMILES string of the molecule is O=C(NCCn1ccnc1)c1ccccc1C#CCO. The number of nitrogens with one attached hydrogen (secondary N) is 1. The summed E-state index contributed by atoms with van der Waals surface area (Å²) >= 11 is 0. The van der Waals surface area contributed by atoms with Gasteiger partial charge in [-0.3, -0.25) is 4.79 Å². The molecule has 1 aromatic carbocycles. The molecule has 5 nitrogen and oxygen atoms in total. The first-order valence-electron chi connectivity index (χ1n) is 6.24. The summed E-state index contributed by atoms with van der Waals surface area (Å²) in [6.45, 7) is 0.948. The fourth-order valence-corrected chi connectivity index (χ4v) is 1.74. The van der Waals surface area contributed by atoms with Gasteiger partial charge in [0.05, 0.1) is 11.9 Å². The molecule has 2 aromatic rings. The summed E-state index contributed by atoms with van der Waals surface area (Å²) in [6.07, 6.45) is 5.24. The maximum absolute atomic E-state index is 12.1. The highest BCUT2D eigenvalue weighted by molar-refractivity contribution is 5.96. The molecule has 1 heterocycles. The highest BCUT2D eigenvalue weighted by atomic mass is 16.2. The van der Waals surface area contributed by atoms with Crippen LogP contribution in [0.1, 0.15) is 15.9 Å². The van der Waals surface area contributed by atoms with Crippen LogP contribution in [0.3, 0.4) is 0 Å². The Balaban J connectivity index is 1.98. The van der Waals surface area contributed by atoms with Gasteiger partial charge in [0, 0.05) is 31.0 Å². The Morgan fingerprint density at radius 1 is 1.40 bits per heavy atom. The molecule has 0 aliphatic heterocycles. The number of imidazole rings is 1. The highest BCUT2D eigenvalue weighted by Crippen LogP contribution is 2.07. The van der Waals surface area contributed by atoms with Crippen molar-refractivity contribution in [2.24, 2.45) is 0 Å². The molecule has 0 aliphatic carbocycles. The van der Waals surface area contributed by atoms with Crippen LogP contribution in [0.4, 0.5) is 0 Å². The molecule has 0 aliphatic rings. The van der Waals surface area contributed by atoms with E-state index in [1.165, 1.54) is 0 Å². The van der Waals surface area contributed by atoms with Crippen molar-refractivity contribution >= 4 is 5.91 Å². The van der Waals surface area contributed by atoms with Crippen LogP contribution in [0.5, 0.6) is 0 Å². The van der Waals surface area contributed by atoms with Crippen LogP contribution in [0.15, 0.2) is 43.0 Å². The minimum atomic E-state index is -0.226. The van der Waals surface area contributed by atoms with Gasteiger partial charge in [0.2, 0.25) is 0 Å². The van der Waals surface area contributed by atoms with Crippen molar-refractivity contribution in [1.82, 2.24) is 14.9 Å². The van der Waals surface area contributed by atoms with E-state index in [-0.39, 0.29) is 12.5 Å². The summed E-state index contributed by atoms with van der Waals surface area (Å²) in [7, 11) is 0. The number of benzene rings is 1. The number of carbonyl (C=O) groups is 1. The van der Waals surface area contributed by atoms with Gasteiger partial charge in [-0.25, -0.2) is 4.98 Å². The molecular weight excluding hydrogens is 254 g/mol. The average Bonchev–Trinajstić information content (AvgIpc) is 2.98. The van der Waals surface area contributed by atoms with Crippen molar-refractivity contribution in [2.75, 3.05) is 13.2 Å². The molecule has 0 saturated carbocycles. The van der Waals surface area contributed by atoms with Crippen LogP contribution < -0.4 is 5.32 Å². The van der Waals surface area contributed by atoms with E-state index in [0.717, 1.165) is 0 Å². The van der Waals surface area contributed by atoms with Crippen LogP contribution in [0.25, 0.3) is 0 Å². The molecule has 0 radical (unpaired) electrons. The number of aromatic nitrogens is 2. The van der Waals surface area contributed by atoms with Crippen LogP contribution >= 0.6 is 0 Å². The molecule has 1 aromatic heterocycles. The second-order valence-corrected chi connectivity index (χ2v) is 4.06. The van der Waals surface area contributed by atoms with Gasteiger partial charge in [0.15, 0.2) is 0 Å². The summed E-state index contributed by atoms with van der Waals surface area (Å²) in [5.74, 6) is 5.15. The molecule has 0 bridgehead atoms. The van der Waals surface area contributed by atoms with Gasteiger partial charge >= 0.3 is 0 Å². The molecule has 0 saturated heterocycles. The molecule has 5 heteroatoms. The lowest BCUT2D eigenvalue weighted by molar-refractivity contribution is 0.0952. The Morgan fingerprint density at radius 2 is 2.25 bits per heavy atom. The van der Waals surface area contributed by atoms with E-state index in [0.29, 0.717) is 24.2 Å². The number of amides is 1. The Hall–Kier alpha value is -2.58. The van der Waals surface area contributed by atoms with Crippen molar-refractivity contribution in [3.05, 3.63) is 54.1 Å².